The summed E-state index contributed by atoms with van der Waals surface area (Å²) in [5, 5.41) is 6.29. The van der Waals surface area contributed by atoms with Crippen LogP contribution in [0.4, 0.5) is 0 Å². The van der Waals surface area contributed by atoms with Crippen molar-refractivity contribution in [3.05, 3.63) is 68.8 Å². The smallest absolute Gasteiger partial charge is 0.359 e. The first-order valence-corrected chi connectivity index (χ1v) is 12.8. The van der Waals surface area contributed by atoms with Gasteiger partial charge in [0.2, 0.25) is 0 Å². The second-order valence-corrected chi connectivity index (χ2v) is 10.9. The fraction of sp³-hybridized carbons (Fsp3) is 0.407. The van der Waals surface area contributed by atoms with E-state index >= 15 is 0 Å². The van der Waals surface area contributed by atoms with E-state index in [0.717, 1.165) is 42.5 Å². The summed E-state index contributed by atoms with van der Waals surface area (Å²) in [6.07, 6.45) is 3.88. The van der Waals surface area contributed by atoms with E-state index in [1.165, 1.54) is 0 Å². The minimum Gasteiger partial charge on any atom is -0.457 e. The molecule has 4 rings (SSSR count). The van der Waals surface area contributed by atoms with E-state index in [0.29, 0.717) is 26.7 Å². The maximum absolute atomic E-state index is 13.5. The molecule has 1 aliphatic rings. The summed E-state index contributed by atoms with van der Waals surface area (Å²) in [7, 11) is 0. The number of hydrogen-bond donors (Lipinski definition) is 0. The van der Waals surface area contributed by atoms with Crippen LogP contribution in [0.15, 0.2) is 42.5 Å². The fourth-order valence-corrected chi connectivity index (χ4v) is 5.36. The Morgan fingerprint density at radius 3 is 2.47 bits per heavy atom. The second kappa shape index (κ2) is 9.93. The van der Waals surface area contributed by atoms with Crippen molar-refractivity contribution >= 4 is 40.8 Å². The number of carbonyl (C=O) groups excluding carboxylic acids is 1. The summed E-state index contributed by atoms with van der Waals surface area (Å²) < 4.78 is 7.84. The van der Waals surface area contributed by atoms with E-state index < -0.39 is 5.97 Å². The van der Waals surface area contributed by atoms with Crippen LogP contribution in [0.2, 0.25) is 15.1 Å². The summed E-state index contributed by atoms with van der Waals surface area (Å²) in [5.74, 6) is 0.115. The molecule has 0 radical (unpaired) electrons. The predicted octanol–water partition coefficient (Wildman–Crippen LogP) is 8.57. The van der Waals surface area contributed by atoms with E-state index in [1.54, 1.807) is 22.9 Å². The Hall–Kier alpha value is -2.01. The molecule has 1 aliphatic carbocycles. The molecule has 1 saturated carbocycles. The Bertz CT molecular complexity index is 1210. The molecule has 34 heavy (non-hydrogen) atoms. The summed E-state index contributed by atoms with van der Waals surface area (Å²) >= 11 is 18.8. The molecule has 7 heteroatoms. The molecule has 0 N–H and O–H groups in total. The molecule has 0 aliphatic heterocycles. The molecule has 0 unspecified atom stereocenters. The van der Waals surface area contributed by atoms with Crippen LogP contribution in [-0.4, -0.2) is 21.9 Å². The zero-order valence-corrected chi connectivity index (χ0v) is 22.1. The van der Waals surface area contributed by atoms with Gasteiger partial charge in [-0.1, -0.05) is 67.7 Å². The van der Waals surface area contributed by atoms with Crippen molar-refractivity contribution in [1.82, 2.24) is 9.78 Å². The number of halogens is 3. The van der Waals surface area contributed by atoms with Crippen molar-refractivity contribution in [1.29, 1.82) is 0 Å². The maximum atomic E-state index is 13.5. The van der Waals surface area contributed by atoms with Gasteiger partial charge in [0.15, 0.2) is 5.69 Å². The number of nitrogens with zero attached hydrogens (tertiary/aromatic N) is 2. The molecule has 0 bridgehead atoms. The maximum Gasteiger partial charge on any atom is 0.359 e. The monoisotopic (exact) mass is 518 g/mol. The van der Waals surface area contributed by atoms with Gasteiger partial charge in [0.25, 0.3) is 0 Å². The second-order valence-electron chi connectivity index (χ2n) is 9.62. The third kappa shape index (κ3) is 4.86. The van der Waals surface area contributed by atoms with Crippen LogP contribution in [0, 0.1) is 18.3 Å². The van der Waals surface area contributed by atoms with Crippen molar-refractivity contribution in [2.75, 3.05) is 0 Å². The molecule has 1 fully saturated rings. The average Bonchev–Trinajstić information content (AvgIpc) is 3.14. The van der Waals surface area contributed by atoms with Crippen molar-refractivity contribution in [2.24, 2.45) is 11.3 Å². The molecular weight excluding hydrogens is 491 g/mol. The Labute approximate surface area is 216 Å². The molecule has 180 valence electrons. The quantitative estimate of drug-likeness (QED) is 0.317. The summed E-state index contributed by atoms with van der Waals surface area (Å²) in [6.45, 7) is 8.49. The Kier molecular flexibility index (Phi) is 7.33. The third-order valence-corrected chi connectivity index (χ3v) is 8.02. The highest BCUT2D eigenvalue weighted by atomic mass is 35.5. The SMILES string of the molecule is CC[C@@]1(C)CC[C@@H](C)C[C@@H]1OC(=O)c1nn(-c2ccc(Cl)cc2Cl)c(-c2ccc(Cl)cc2)c1C. The zero-order chi connectivity index (χ0) is 24.6. The number of hydrogen-bond acceptors (Lipinski definition) is 3. The van der Waals surface area contributed by atoms with Gasteiger partial charge < -0.3 is 4.74 Å². The summed E-state index contributed by atoms with van der Waals surface area (Å²) in [4.78, 5) is 13.5. The van der Waals surface area contributed by atoms with Gasteiger partial charge in [0, 0.05) is 26.6 Å². The molecule has 4 nitrogen and oxygen atoms in total. The van der Waals surface area contributed by atoms with Gasteiger partial charge in [0.1, 0.15) is 6.10 Å². The van der Waals surface area contributed by atoms with E-state index in [-0.39, 0.29) is 17.2 Å². The van der Waals surface area contributed by atoms with Gasteiger partial charge in [-0.15, -0.1) is 0 Å². The first-order valence-electron chi connectivity index (χ1n) is 11.6. The highest BCUT2D eigenvalue weighted by Gasteiger charge is 2.41. The average molecular weight is 520 g/mol. The van der Waals surface area contributed by atoms with Crippen LogP contribution >= 0.6 is 34.8 Å². The van der Waals surface area contributed by atoms with E-state index in [2.05, 4.69) is 20.8 Å². The molecule has 0 amide bonds. The highest BCUT2D eigenvalue weighted by molar-refractivity contribution is 6.35. The largest absolute Gasteiger partial charge is 0.457 e. The Morgan fingerprint density at radius 1 is 1.15 bits per heavy atom. The molecule has 1 aromatic heterocycles. The van der Waals surface area contributed by atoms with Crippen LogP contribution in [0.1, 0.15) is 62.5 Å². The number of rotatable bonds is 5. The van der Waals surface area contributed by atoms with Gasteiger partial charge in [-0.3, -0.25) is 0 Å². The first kappa shape index (κ1) is 25.1. The lowest BCUT2D eigenvalue weighted by Gasteiger charge is -2.42. The Morgan fingerprint density at radius 2 is 1.82 bits per heavy atom. The highest BCUT2D eigenvalue weighted by Crippen LogP contribution is 2.43. The minimum absolute atomic E-state index is 0.0306. The molecule has 3 aromatic rings. The molecule has 3 atom stereocenters. The van der Waals surface area contributed by atoms with Gasteiger partial charge in [0.05, 0.1) is 16.4 Å². The van der Waals surface area contributed by atoms with Crippen LogP contribution in [0.25, 0.3) is 16.9 Å². The lowest BCUT2D eigenvalue weighted by atomic mass is 9.68. The minimum atomic E-state index is -0.407. The third-order valence-electron chi connectivity index (χ3n) is 7.23. The van der Waals surface area contributed by atoms with Crippen molar-refractivity contribution in [2.45, 2.75) is 59.5 Å². The Balaban J connectivity index is 1.79. The molecule has 0 saturated heterocycles. The van der Waals surface area contributed by atoms with Gasteiger partial charge in [-0.2, -0.15) is 5.10 Å². The van der Waals surface area contributed by atoms with Crippen molar-refractivity contribution in [3.63, 3.8) is 0 Å². The fourth-order valence-electron chi connectivity index (χ4n) is 4.75. The summed E-state index contributed by atoms with van der Waals surface area (Å²) in [5.41, 5.74) is 3.22. The summed E-state index contributed by atoms with van der Waals surface area (Å²) in [6, 6.07) is 12.6. The molecule has 0 spiro atoms. The number of aromatic nitrogens is 2. The van der Waals surface area contributed by atoms with Crippen LogP contribution in [-0.2, 0) is 4.74 Å². The lowest BCUT2D eigenvalue weighted by molar-refractivity contribution is -0.0464. The van der Waals surface area contributed by atoms with E-state index in [9.17, 15) is 4.79 Å². The predicted molar refractivity (Wildman–Crippen MR) is 139 cm³/mol. The van der Waals surface area contributed by atoms with Gasteiger partial charge in [-0.25, -0.2) is 9.48 Å². The number of benzene rings is 2. The topological polar surface area (TPSA) is 44.1 Å². The molecule has 2 aromatic carbocycles. The molecular formula is C27H29Cl3N2O2. The van der Waals surface area contributed by atoms with Crippen molar-refractivity contribution < 1.29 is 9.53 Å². The number of ether oxygens (including phenoxy) is 1. The zero-order valence-electron chi connectivity index (χ0n) is 19.9. The van der Waals surface area contributed by atoms with Crippen molar-refractivity contribution in [3.8, 4) is 16.9 Å². The van der Waals surface area contributed by atoms with Crippen LogP contribution in [0.5, 0.6) is 0 Å². The van der Waals surface area contributed by atoms with Gasteiger partial charge in [-0.05, 0) is 68.9 Å². The van der Waals surface area contributed by atoms with Gasteiger partial charge >= 0.3 is 5.97 Å². The number of esters is 1. The lowest BCUT2D eigenvalue weighted by Crippen LogP contribution is -2.41. The first-order chi connectivity index (χ1) is 16.1. The van der Waals surface area contributed by atoms with Crippen LogP contribution < -0.4 is 0 Å². The molecule has 1 heterocycles. The van der Waals surface area contributed by atoms with E-state index in [1.807, 2.05) is 31.2 Å². The normalized spacial score (nSPS) is 22.6. The van der Waals surface area contributed by atoms with Crippen LogP contribution in [0.3, 0.4) is 0 Å². The van der Waals surface area contributed by atoms with E-state index in [4.69, 9.17) is 44.6 Å². The standard InChI is InChI=1S/C27H29Cl3N2O2/c1-5-27(4)13-12-16(2)14-23(27)34-26(33)24-17(3)25(18-6-8-19(28)9-7-18)32(31-24)22-11-10-20(29)15-21(22)30/h6-11,15-16,23H,5,12-14H2,1-4H3/t16-,23+,27+/m1/s1. The number of carbonyl (C=O) groups is 1.